The molecule has 0 saturated carbocycles. The molecule has 2 unspecified atom stereocenters. The van der Waals surface area contributed by atoms with E-state index in [0.717, 1.165) is 32.4 Å². The van der Waals surface area contributed by atoms with E-state index < -0.39 is 10.0 Å². The van der Waals surface area contributed by atoms with Gasteiger partial charge in [0.25, 0.3) is 0 Å². The van der Waals surface area contributed by atoms with E-state index in [1.165, 1.54) is 0 Å². The first-order valence-corrected chi connectivity index (χ1v) is 8.40. The normalized spacial score (nSPS) is 26.9. The predicted octanol–water partition coefficient (Wildman–Crippen LogP) is 2.28. The SMILES string of the molecule is Cl.O=S(=O)(c1ccc(Cl)cc1)N1C2CCNCC1CC2. The molecule has 2 fully saturated rings. The van der Waals surface area contributed by atoms with Gasteiger partial charge < -0.3 is 5.32 Å². The van der Waals surface area contributed by atoms with Crippen LogP contribution < -0.4 is 5.32 Å². The van der Waals surface area contributed by atoms with Gasteiger partial charge in [-0.2, -0.15) is 4.31 Å². The van der Waals surface area contributed by atoms with Gasteiger partial charge >= 0.3 is 0 Å². The molecule has 0 spiro atoms. The summed E-state index contributed by atoms with van der Waals surface area (Å²) in [5.41, 5.74) is 0. The van der Waals surface area contributed by atoms with E-state index in [9.17, 15) is 8.42 Å². The van der Waals surface area contributed by atoms with Crippen molar-refractivity contribution in [3.8, 4) is 0 Å². The third-order valence-corrected chi connectivity index (χ3v) is 6.25. The van der Waals surface area contributed by atoms with Crippen molar-refractivity contribution >= 4 is 34.0 Å². The van der Waals surface area contributed by atoms with Gasteiger partial charge in [-0.05, 0) is 50.1 Å². The zero-order chi connectivity index (χ0) is 13.5. The molecule has 2 aliphatic rings. The highest BCUT2D eigenvalue weighted by molar-refractivity contribution is 7.89. The fraction of sp³-hybridized carbons (Fsp3) is 0.538. The lowest BCUT2D eigenvalue weighted by atomic mass is 10.1. The summed E-state index contributed by atoms with van der Waals surface area (Å²) in [6.07, 6.45) is 2.81. The third kappa shape index (κ3) is 2.83. The highest BCUT2D eigenvalue weighted by Gasteiger charge is 2.42. The number of nitrogens with one attached hydrogen (secondary N) is 1. The van der Waals surface area contributed by atoms with Crippen LogP contribution in [0.15, 0.2) is 29.2 Å². The smallest absolute Gasteiger partial charge is 0.243 e. The summed E-state index contributed by atoms with van der Waals surface area (Å²) in [7, 11) is -3.40. The first kappa shape index (κ1) is 16.0. The van der Waals surface area contributed by atoms with Crippen molar-refractivity contribution in [2.75, 3.05) is 13.1 Å². The first-order valence-electron chi connectivity index (χ1n) is 6.59. The average molecular weight is 337 g/mol. The van der Waals surface area contributed by atoms with E-state index in [-0.39, 0.29) is 24.5 Å². The Morgan fingerprint density at radius 2 is 1.75 bits per heavy atom. The summed E-state index contributed by atoms with van der Waals surface area (Å²) in [6.45, 7) is 1.65. The number of nitrogens with zero attached hydrogens (tertiary/aromatic N) is 1. The Labute approximate surface area is 131 Å². The van der Waals surface area contributed by atoms with Gasteiger partial charge in [0.2, 0.25) is 10.0 Å². The van der Waals surface area contributed by atoms with Crippen LogP contribution in [-0.2, 0) is 10.0 Å². The third-order valence-electron chi connectivity index (χ3n) is 3.98. The first-order chi connectivity index (χ1) is 9.09. The van der Waals surface area contributed by atoms with E-state index in [2.05, 4.69) is 5.32 Å². The fourth-order valence-corrected chi connectivity index (χ4v) is 5.08. The standard InChI is InChI=1S/C13H17ClN2O2S.ClH/c14-10-1-5-13(6-2-10)19(17,18)16-11-3-4-12(16)9-15-8-7-11;/h1-2,5-6,11-12,15H,3-4,7-9H2;1H. The van der Waals surface area contributed by atoms with Crippen LogP contribution in [0.4, 0.5) is 0 Å². The number of fused-ring (bicyclic) bond motifs is 2. The predicted molar refractivity (Wildman–Crippen MR) is 82.0 cm³/mol. The Hall–Kier alpha value is -0.330. The van der Waals surface area contributed by atoms with Crippen molar-refractivity contribution in [2.45, 2.75) is 36.2 Å². The molecule has 2 saturated heterocycles. The summed E-state index contributed by atoms with van der Waals surface area (Å²) < 4.78 is 27.3. The van der Waals surface area contributed by atoms with Crippen LogP contribution in [0.2, 0.25) is 5.02 Å². The molecule has 1 N–H and O–H groups in total. The molecule has 2 heterocycles. The summed E-state index contributed by atoms with van der Waals surface area (Å²) in [5.74, 6) is 0. The second-order valence-electron chi connectivity index (χ2n) is 5.17. The zero-order valence-electron chi connectivity index (χ0n) is 11.0. The van der Waals surface area contributed by atoms with Crippen molar-refractivity contribution < 1.29 is 8.42 Å². The molecule has 2 aliphatic heterocycles. The molecule has 4 nitrogen and oxygen atoms in total. The number of rotatable bonds is 2. The minimum atomic E-state index is -3.40. The Balaban J connectivity index is 0.00000147. The van der Waals surface area contributed by atoms with Gasteiger partial charge in [-0.25, -0.2) is 8.42 Å². The molecule has 2 bridgehead atoms. The molecule has 2 atom stereocenters. The van der Waals surface area contributed by atoms with Crippen molar-refractivity contribution in [1.29, 1.82) is 0 Å². The maximum atomic E-state index is 12.8. The van der Waals surface area contributed by atoms with Gasteiger partial charge in [-0.15, -0.1) is 12.4 Å². The second-order valence-corrected chi connectivity index (χ2v) is 7.45. The summed E-state index contributed by atoms with van der Waals surface area (Å²) in [5, 5.41) is 3.87. The quantitative estimate of drug-likeness (QED) is 0.901. The number of hydrogen-bond donors (Lipinski definition) is 1. The minimum Gasteiger partial charge on any atom is -0.315 e. The monoisotopic (exact) mass is 336 g/mol. The summed E-state index contributed by atoms with van der Waals surface area (Å²) in [6, 6.07) is 6.68. The van der Waals surface area contributed by atoms with Gasteiger partial charge in [0.05, 0.1) is 4.90 Å². The number of halogens is 2. The molecule has 1 aromatic rings. The summed E-state index contributed by atoms with van der Waals surface area (Å²) in [4.78, 5) is 0.343. The number of benzene rings is 1. The maximum Gasteiger partial charge on any atom is 0.243 e. The molecular weight excluding hydrogens is 319 g/mol. The molecule has 1 aromatic carbocycles. The largest absolute Gasteiger partial charge is 0.315 e. The topological polar surface area (TPSA) is 49.4 Å². The van der Waals surface area contributed by atoms with Gasteiger partial charge in [0, 0.05) is 23.7 Å². The van der Waals surface area contributed by atoms with Gasteiger partial charge in [-0.3, -0.25) is 0 Å². The van der Waals surface area contributed by atoms with Crippen LogP contribution in [0.1, 0.15) is 19.3 Å². The van der Waals surface area contributed by atoms with Crippen LogP contribution >= 0.6 is 24.0 Å². The molecule has 0 aromatic heterocycles. The van der Waals surface area contributed by atoms with Gasteiger partial charge in [0.15, 0.2) is 0 Å². The van der Waals surface area contributed by atoms with Crippen LogP contribution in [0, 0.1) is 0 Å². The molecule has 112 valence electrons. The molecule has 0 aliphatic carbocycles. The van der Waals surface area contributed by atoms with Crippen molar-refractivity contribution in [1.82, 2.24) is 9.62 Å². The van der Waals surface area contributed by atoms with Gasteiger partial charge in [0.1, 0.15) is 0 Å². The van der Waals surface area contributed by atoms with E-state index in [4.69, 9.17) is 11.6 Å². The Morgan fingerprint density at radius 1 is 1.10 bits per heavy atom. The highest BCUT2D eigenvalue weighted by atomic mass is 35.5. The number of hydrogen-bond acceptors (Lipinski definition) is 3. The Kier molecular flexibility index (Phi) is 4.97. The lowest BCUT2D eigenvalue weighted by Gasteiger charge is -2.26. The van der Waals surface area contributed by atoms with E-state index in [0.29, 0.717) is 9.92 Å². The molecular formula is C13H18Cl2N2O2S. The Bertz CT molecular complexity index is 548. The minimum absolute atomic E-state index is 0. The van der Waals surface area contributed by atoms with Gasteiger partial charge in [-0.1, -0.05) is 11.6 Å². The van der Waals surface area contributed by atoms with Crippen molar-refractivity contribution in [3.63, 3.8) is 0 Å². The molecule has 20 heavy (non-hydrogen) atoms. The molecule has 0 amide bonds. The summed E-state index contributed by atoms with van der Waals surface area (Å²) >= 11 is 5.82. The molecule has 0 radical (unpaired) electrons. The van der Waals surface area contributed by atoms with Crippen molar-refractivity contribution in [2.24, 2.45) is 0 Å². The van der Waals surface area contributed by atoms with E-state index in [1.54, 1.807) is 28.6 Å². The van der Waals surface area contributed by atoms with E-state index >= 15 is 0 Å². The van der Waals surface area contributed by atoms with Crippen LogP contribution in [-0.4, -0.2) is 37.9 Å². The Morgan fingerprint density at radius 3 is 2.45 bits per heavy atom. The molecule has 3 rings (SSSR count). The lowest BCUT2D eigenvalue weighted by molar-refractivity contribution is 0.334. The van der Waals surface area contributed by atoms with Crippen LogP contribution in [0.5, 0.6) is 0 Å². The zero-order valence-corrected chi connectivity index (χ0v) is 13.3. The van der Waals surface area contributed by atoms with E-state index in [1.807, 2.05) is 0 Å². The molecule has 7 heteroatoms. The van der Waals surface area contributed by atoms with Crippen LogP contribution in [0.25, 0.3) is 0 Å². The van der Waals surface area contributed by atoms with Crippen molar-refractivity contribution in [3.05, 3.63) is 29.3 Å². The highest BCUT2D eigenvalue weighted by Crippen LogP contribution is 2.33. The number of sulfonamides is 1. The lowest BCUT2D eigenvalue weighted by Crippen LogP contribution is -2.42. The van der Waals surface area contributed by atoms with Crippen LogP contribution in [0.3, 0.4) is 0 Å². The average Bonchev–Trinajstić information content (AvgIpc) is 2.64. The maximum absolute atomic E-state index is 12.8. The fourth-order valence-electron chi connectivity index (χ4n) is 3.06. The second kappa shape index (κ2) is 6.20.